The first kappa shape index (κ1) is 17.2. The Kier molecular flexibility index (Phi) is 4.59. The van der Waals surface area contributed by atoms with Crippen LogP contribution in [0, 0.1) is 0 Å². The van der Waals surface area contributed by atoms with Crippen molar-refractivity contribution in [3.8, 4) is 11.4 Å². The lowest BCUT2D eigenvalue weighted by Gasteiger charge is -2.31. The van der Waals surface area contributed by atoms with Crippen molar-refractivity contribution in [3.05, 3.63) is 77.5 Å². The van der Waals surface area contributed by atoms with Gasteiger partial charge in [-0.2, -0.15) is 0 Å². The summed E-state index contributed by atoms with van der Waals surface area (Å²) in [6.07, 6.45) is 0.733. The maximum Gasteiger partial charge on any atom is 0.254 e. The number of fused-ring (bicyclic) bond motifs is 1. The van der Waals surface area contributed by atoms with E-state index in [1.165, 1.54) is 0 Å². The summed E-state index contributed by atoms with van der Waals surface area (Å²) in [6, 6.07) is 19.5. The first-order valence-corrected chi connectivity index (χ1v) is 9.10. The summed E-state index contributed by atoms with van der Waals surface area (Å²) in [7, 11) is 3.96. The maximum absolute atomic E-state index is 12.9. The number of hydrogen-bond donors (Lipinski definition) is 0. The molecule has 1 amide bonds. The molecule has 0 spiro atoms. The molecule has 136 valence electrons. The maximum atomic E-state index is 12.9. The van der Waals surface area contributed by atoms with E-state index in [-0.39, 0.29) is 5.91 Å². The molecule has 4 rings (SSSR count). The molecule has 0 unspecified atom stereocenters. The Bertz CT molecular complexity index is 955. The summed E-state index contributed by atoms with van der Waals surface area (Å²) in [5.41, 5.74) is 3.79. The van der Waals surface area contributed by atoms with Crippen LogP contribution in [0.2, 0.25) is 0 Å². The van der Waals surface area contributed by atoms with Crippen LogP contribution in [0.15, 0.2) is 60.7 Å². The highest BCUT2D eigenvalue weighted by Crippen LogP contribution is 2.29. The summed E-state index contributed by atoms with van der Waals surface area (Å²) in [4.78, 5) is 26.4. The molecule has 1 aromatic heterocycles. The number of nitrogens with zero attached hydrogens (tertiary/aromatic N) is 4. The standard InChI is InChI=1S/C22H22N4O/c1-25(2)21-18-15-26(22(27)17-11-7-4-8-12-17)14-13-19(18)23-20(24-21)16-9-5-3-6-10-16/h3-12H,13-15H2,1-2H3. The molecule has 0 saturated heterocycles. The van der Waals surface area contributed by atoms with Crippen molar-refractivity contribution in [3.63, 3.8) is 0 Å². The van der Waals surface area contributed by atoms with Gasteiger partial charge in [0.05, 0.1) is 12.2 Å². The van der Waals surface area contributed by atoms with E-state index in [4.69, 9.17) is 9.97 Å². The molecule has 27 heavy (non-hydrogen) atoms. The van der Waals surface area contributed by atoms with Crippen molar-refractivity contribution < 1.29 is 4.79 Å². The van der Waals surface area contributed by atoms with Crippen LogP contribution < -0.4 is 4.90 Å². The fraction of sp³-hybridized carbons (Fsp3) is 0.227. The van der Waals surface area contributed by atoms with Crippen LogP contribution in [0.25, 0.3) is 11.4 Å². The summed E-state index contributed by atoms with van der Waals surface area (Å²) in [6.45, 7) is 1.20. The van der Waals surface area contributed by atoms with Crippen molar-refractivity contribution in [2.75, 3.05) is 25.5 Å². The molecule has 2 aromatic carbocycles. The Morgan fingerprint density at radius 1 is 0.963 bits per heavy atom. The molecule has 0 N–H and O–H groups in total. The number of amides is 1. The molecule has 0 saturated carbocycles. The van der Waals surface area contributed by atoms with Gasteiger partial charge in [-0.1, -0.05) is 48.5 Å². The Balaban J connectivity index is 1.70. The lowest BCUT2D eigenvalue weighted by atomic mass is 10.0. The van der Waals surface area contributed by atoms with E-state index < -0.39 is 0 Å². The van der Waals surface area contributed by atoms with Crippen LogP contribution in [-0.2, 0) is 13.0 Å². The molecule has 3 aromatic rings. The monoisotopic (exact) mass is 358 g/mol. The molecule has 2 heterocycles. The van der Waals surface area contributed by atoms with E-state index >= 15 is 0 Å². The normalized spacial score (nSPS) is 13.2. The Hall–Kier alpha value is -3.21. The lowest BCUT2D eigenvalue weighted by molar-refractivity contribution is 0.0733. The van der Waals surface area contributed by atoms with Crippen LogP contribution >= 0.6 is 0 Å². The minimum Gasteiger partial charge on any atom is -0.362 e. The van der Waals surface area contributed by atoms with E-state index in [1.54, 1.807) is 0 Å². The second-order valence-electron chi connectivity index (χ2n) is 6.90. The van der Waals surface area contributed by atoms with Crippen molar-refractivity contribution in [2.45, 2.75) is 13.0 Å². The summed E-state index contributed by atoms with van der Waals surface area (Å²) >= 11 is 0. The molecule has 0 radical (unpaired) electrons. The quantitative estimate of drug-likeness (QED) is 0.720. The van der Waals surface area contributed by atoms with Gasteiger partial charge in [-0.25, -0.2) is 9.97 Å². The van der Waals surface area contributed by atoms with Gasteiger partial charge in [-0.05, 0) is 12.1 Å². The number of aromatic nitrogens is 2. The third-order valence-corrected chi connectivity index (χ3v) is 4.80. The molecule has 5 heteroatoms. The van der Waals surface area contributed by atoms with Gasteiger partial charge in [0, 0.05) is 43.8 Å². The Morgan fingerprint density at radius 2 is 1.63 bits per heavy atom. The number of benzene rings is 2. The molecule has 0 aliphatic carbocycles. The van der Waals surface area contributed by atoms with Crippen molar-refractivity contribution >= 4 is 11.7 Å². The van der Waals surface area contributed by atoms with Gasteiger partial charge in [0.1, 0.15) is 5.82 Å². The molecule has 1 aliphatic heterocycles. The molecule has 5 nitrogen and oxygen atoms in total. The van der Waals surface area contributed by atoms with Crippen molar-refractivity contribution in [1.29, 1.82) is 0 Å². The van der Waals surface area contributed by atoms with Gasteiger partial charge >= 0.3 is 0 Å². The number of hydrogen-bond acceptors (Lipinski definition) is 4. The fourth-order valence-corrected chi connectivity index (χ4v) is 3.42. The van der Waals surface area contributed by atoms with Gasteiger partial charge < -0.3 is 9.80 Å². The van der Waals surface area contributed by atoms with E-state index in [2.05, 4.69) is 0 Å². The van der Waals surface area contributed by atoms with E-state index in [1.807, 2.05) is 84.6 Å². The van der Waals surface area contributed by atoms with Crippen LogP contribution in [0.5, 0.6) is 0 Å². The largest absolute Gasteiger partial charge is 0.362 e. The van der Waals surface area contributed by atoms with Crippen LogP contribution in [0.3, 0.4) is 0 Å². The smallest absolute Gasteiger partial charge is 0.254 e. The third-order valence-electron chi connectivity index (χ3n) is 4.80. The van der Waals surface area contributed by atoms with Gasteiger partial charge in [0.25, 0.3) is 5.91 Å². The van der Waals surface area contributed by atoms with E-state index in [0.29, 0.717) is 18.7 Å². The predicted octanol–water partition coefficient (Wildman–Crippen LogP) is 3.41. The van der Waals surface area contributed by atoms with Crippen LogP contribution in [-0.4, -0.2) is 41.4 Å². The van der Waals surface area contributed by atoms with Crippen LogP contribution in [0.4, 0.5) is 5.82 Å². The summed E-state index contributed by atoms with van der Waals surface area (Å²) in [5, 5.41) is 0. The van der Waals surface area contributed by atoms with Gasteiger partial charge in [-0.3, -0.25) is 4.79 Å². The summed E-state index contributed by atoms with van der Waals surface area (Å²) in [5.74, 6) is 1.67. The van der Waals surface area contributed by atoms with E-state index in [9.17, 15) is 4.79 Å². The Morgan fingerprint density at radius 3 is 2.30 bits per heavy atom. The molecular weight excluding hydrogens is 336 g/mol. The number of rotatable bonds is 3. The van der Waals surface area contributed by atoms with Crippen molar-refractivity contribution in [2.24, 2.45) is 0 Å². The predicted molar refractivity (Wildman–Crippen MR) is 107 cm³/mol. The molecule has 1 aliphatic rings. The molecule has 0 atom stereocenters. The van der Waals surface area contributed by atoms with Crippen molar-refractivity contribution in [1.82, 2.24) is 14.9 Å². The highest BCUT2D eigenvalue weighted by atomic mass is 16.2. The SMILES string of the molecule is CN(C)c1nc(-c2ccccc2)nc2c1CN(C(=O)c1ccccc1)CC2. The number of carbonyl (C=O) groups is 1. The fourth-order valence-electron chi connectivity index (χ4n) is 3.42. The first-order valence-electron chi connectivity index (χ1n) is 9.10. The van der Waals surface area contributed by atoms with Gasteiger partial charge in [-0.15, -0.1) is 0 Å². The topological polar surface area (TPSA) is 49.3 Å². The Labute approximate surface area is 159 Å². The average Bonchev–Trinajstić information content (AvgIpc) is 2.73. The molecular formula is C22H22N4O. The minimum atomic E-state index is 0.0538. The average molecular weight is 358 g/mol. The lowest BCUT2D eigenvalue weighted by Crippen LogP contribution is -2.37. The zero-order chi connectivity index (χ0) is 18.8. The van der Waals surface area contributed by atoms with Gasteiger partial charge in [0.2, 0.25) is 0 Å². The highest BCUT2D eigenvalue weighted by molar-refractivity contribution is 5.94. The van der Waals surface area contributed by atoms with E-state index in [0.717, 1.165) is 34.9 Å². The molecule has 0 fully saturated rings. The third kappa shape index (κ3) is 3.40. The van der Waals surface area contributed by atoms with Crippen LogP contribution in [0.1, 0.15) is 21.6 Å². The second-order valence-corrected chi connectivity index (χ2v) is 6.90. The van der Waals surface area contributed by atoms with Gasteiger partial charge in [0.15, 0.2) is 5.82 Å². The minimum absolute atomic E-state index is 0.0538. The number of carbonyl (C=O) groups excluding carboxylic acids is 1. The summed E-state index contributed by atoms with van der Waals surface area (Å²) < 4.78 is 0. The highest BCUT2D eigenvalue weighted by Gasteiger charge is 2.27. The first-order chi connectivity index (χ1) is 13.1. The zero-order valence-corrected chi connectivity index (χ0v) is 15.6. The second kappa shape index (κ2) is 7.19. The molecule has 0 bridgehead atoms. The number of anilines is 1. The zero-order valence-electron chi connectivity index (χ0n) is 15.6.